The van der Waals surface area contributed by atoms with Crippen molar-refractivity contribution in [1.82, 2.24) is 5.43 Å². The van der Waals surface area contributed by atoms with Gasteiger partial charge in [-0.1, -0.05) is 23.7 Å². The lowest BCUT2D eigenvalue weighted by Crippen LogP contribution is -2.39. The Labute approximate surface area is 167 Å². The van der Waals surface area contributed by atoms with E-state index in [0.717, 1.165) is 10.6 Å². The molecule has 0 aromatic heterocycles. The first-order valence-electron chi connectivity index (χ1n) is 8.28. The minimum absolute atomic E-state index is 0.289. The van der Waals surface area contributed by atoms with Gasteiger partial charge in [0.1, 0.15) is 19.8 Å². The molecule has 0 spiro atoms. The fraction of sp³-hybridized carbons (Fsp3) is 0.222. The Bertz CT molecular complexity index is 1010. The predicted octanol–water partition coefficient (Wildman–Crippen LogP) is 2.03. The van der Waals surface area contributed by atoms with Gasteiger partial charge in [0.05, 0.1) is 18.2 Å². The van der Waals surface area contributed by atoms with Gasteiger partial charge >= 0.3 is 0 Å². The fourth-order valence-electron chi connectivity index (χ4n) is 2.57. The van der Waals surface area contributed by atoms with Crippen molar-refractivity contribution in [1.29, 1.82) is 0 Å². The van der Waals surface area contributed by atoms with Gasteiger partial charge in [-0.15, -0.1) is 0 Å². The monoisotopic (exact) mass is 423 g/mol. The summed E-state index contributed by atoms with van der Waals surface area (Å²) < 4.78 is 36.1. The molecule has 1 heterocycles. The molecule has 0 atom stereocenters. The molecular weight excluding hydrogens is 406 g/mol. The number of fused-ring (bicyclic) bond motifs is 1. The van der Waals surface area contributed by atoms with Crippen LogP contribution >= 0.6 is 11.6 Å². The van der Waals surface area contributed by atoms with E-state index in [0.29, 0.717) is 35.3 Å². The van der Waals surface area contributed by atoms with Crippen molar-refractivity contribution < 1.29 is 22.7 Å². The second-order valence-electron chi connectivity index (χ2n) is 5.91. The summed E-state index contributed by atoms with van der Waals surface area (Å²) in [6, 6.07) is 11.6. The summed E-state index contributed by atoms with van der Waals surface area (Å²) in [7, 11) is -3.69. The number of para-hydroxylation sites is 1. The van der Waals surface area contributed by atoms with E-state index in [1.54, 1.807) is 36.4 Å². The van der Waals surface area contributed by atoms with Crippen LogP contribution in [0.1, 0.15) is 5.56 Å². The number of nitrogens with one attached hydrogen (secondary N) is 1. The zero-order chi connectivity index (χ0) is 20.1. The second kappa shape index (κ2) is 8.49. The van der Waals surface area contributed by atoms with Crippen LogP contribution in [0.25, 0.3) is 0 Å². The van der Waals surface area contributed by atoms with Gasteiger partial charge in [0, 0.05) is 10.6 Å². The van der Waals surface area contributed by atoms with Crippen molar-refractivity contribution in [3.63, 3.8) is 0 Å². The topological polar surface area (TPSA) is 97.3 Å². The van der Waals surface area contributed by atoms with Crippen molar-refractivity contribution in [3.8, 4) is 11.5 Å². The minimum atomic E-state index is -3.69. The number of ether oxygens (including phenoxy) is 2. The Kier molecular flexibility index (Phi) is 6.05. The highest BCUT2D eigenvalue weighted by molar-refractivity contribution is 7.92. The second-order valence-corrected chi connectivity index (χ2v) is 8.26. The molecule has 0 bridgehead atoms. The molecule has 0 aliphatic carbocycles. The summed E-state index contributed by atoms with van der Waals surface area (Å²) >= 11 is 5.92. The third-order valence-corrected chi connectivity index (χ3v) is 5.15. The van der Waals surface area contributed by atoms with Crippen LogP contribution in [0.4, 0.5) is 5.69 Å². The predicted molar refractivity (Wildman–Crippen MR) is 107 cm³/mol. The average molecular weight is 424 g/mol. The summed E-state index contributed by atoms with van der Waals surface area (Å²) in [5, 5.41) is 4.25. The Morgan fingerprint density at radius 3 is 2.75 bits per heavy atom. The standard InChI is InChI=1S/C18H18ClN3O5S/c1-28(24,25)22(15-6-3-5-14(19)10-15)12-17(23)21-20-11-13-4-2-7-16-18(13)27-9-8-26-16/h2-7,10-11H,8-9,12H2,1H3,(H,21,23)/b20-11-. The highest BCUT2D eigenvalue weighted by Gasteiger charge is 2.21. The highest BCUT2D eigenvalue weighted by Crippen LogP contribution is 2.32. The number of hydrazone groups is 1. The summed E-state index contributed by atoms with van der Waals surface area (Å²) in [6.45, 7) is 0.450. The Morgan fingerprint density at radius 2 is 2.00 bits per heavy atom. The number of rotatable bonds is 6. The SMILES string of the molecule is CS(=O)(=O)N(CC(=O)N/N=C\c1cccc2c1OCCO2)c1cccc(Cl)c1. The summed E-state index contributed by atoms with van der Waals surface area (Å²) in [5.74, 6) is 0.540. The molecule has 8 nitrogen and oxygen atoms in total. The van der Waals surface area contributed by atoms with E-state index >= 15 is 0 Å². The van der Waals surface area contributed by atoms with Crippen LogP contribution in [0.3, 0.4) is 0 Å². The van der Waals surface area contributed by atoms with Crippen molar-refractivity contribution in [2.45, 2.75) is 0 Å². The number of halogens is 1. The van der Waals surface area contributed by atoms with Gasteiger partial charge < -0.3 is 9.47 Å². The first kappa shape index (κ1) is 20.0. The zero-order valence-corrected chi connectivity index (χ0v) is 16.5. The molecule has 10 heteroatoms. The molecule has 0 saturated carbocycles. The lowest BCUT2D eigenvalue weighted by Gasteiger charge is -2.21. The number of carbonyl (C=O) groups is 1. The maximum atomic E-state index is 12.2. The normalized spacial score (nSPS) is 13.4. The van der Waals surface area contributed by atoms with E-state index in [4.69, 9.17) is 21.1 Å². The van der Waals surface area contributed by atoms with Crippen LogP contribution in [-0.2, 0) is 14.8 Å². The van der Waals surface area contributed by atoms with Crippen LogP contribution in [0.15, 0.2) is 47.6 Å². The molecule has 1 aliphatic heterocycles. The molecule has 0 radical (unpaired) electrons. The number of amides is 1. The molecule has 0 fully saturated rings. The van der Waals surface area contributed by atoms with Crippen LogP contribution < -0.4 is 19.2 Å². The molecule has 1 amide bonds. The van der Waals surface area contributed by atoms with Crippen molar-refractivity contribution >= 4 is 39.4 Å². The summed E-state index contributed by atoms with van der Waals surface area (Å²) in [6.07, 6.45) is 2.42. The Balaban J connectivity index is 1.70. The van der Waals surface area contributed by atoms with E-state index < -0.39 is 22.5 Å². The molecule has 3 rings (SSSR count). The first-order chi connectivity index (χ1) is 13.3. The third-order valence-electron chi connectivity index (χ3n) is 3.77. The quantitative estimate of drug-likeness (QED) is 0.566. The number of benzene rings is 2. The molecule has 0 unspecified atom stereocenters. The van der Waals surface area contributed by atoms with Gasteiger partial charge in [0.2, 0.25) is 10.0 Å². The average Bonchev–Trinajstić information content (AvgIpc) is 2.65. The minimum Gasteiger partial charge on any atom is -0.486 e. The maximum Gasteiger partial charge on any atom is 0.260 e. The highest BCUT2D eigenvalue weighted by atomic mass is 35.5. The molecule has 0 saturated heterocycles. The number of anilines is 1. The molecule has 2 aromatic rings. The molecule has 1 aliphatic rings. The van der Waals surface area contributed by atoms with E-state index in [2.05, 4.69) is 10.5 Å². The van der Waals surface area contributed by atoms with Gasteiger partial charge in [-0.25, -0.2) is 13.8 Å². The zero-order valence-electron chi connectivity index (χ0n) is 15.0. The largest absolute Gasteiger partial charge is 0.486 e. The lowest BCUT2D eigenvalue weighted by molar-refractivity contribution is -0.119. The fourth-order valence-corrected chi connectivity index (χ4v) is 3.60. The Hall–Kier alpha value is -2.78. The number of hydrogen-bond acceptors (Lipinski definition) is 6. The van der Waals surface area contributed by atoms with Crippen molar-refractivity contribution in [2.24, 2.45) is 5.10 Å². The molecule has 2 aromatic carbocycles. The molecular formula is C18H18ClN3O5S. The van der Waals surface area contributed by atoms with Gasteiger partial charge in [-0.05, 0) is 30.3 Å². The number of sulfonamides is 1. The maximum absolute atomic E-state index is 12.2. The van der Waals surface area contributed by atoms with Crippen LogP contribution in [0.5, 0.6) is 11.5 Å². The Morgan fingerprint density at radius 1 is 1.25 bits per heavy atom. The van der Waals surface area contributed by atoms with Gasteiger partial charge in [-0.2, -0.15) is 5.10 Å². The lowest BCUT2D eigenvalue weighted by atomic mass is 10.2. The summed E-state index contributed by atoms with van der Waals surface area (Å²) in [4.78, 5) is 12.2. The van der Waals surface area contributed by atoms with Crippen LogP contribution in [0, 0.1) is 0 Å². The van der Waals surface area contributed by atoms with E-state index in [9.17, 15) is 13.2 Å². The van der Waals surface area contributed by atoms with E-state index in [-0.39, 0.29) is 5.69 Å². The number of nitrogens with zero attached hydrogens (tertiary/aromatic N) is 2. The van der Waals surface area contributed by atoms with E-state index in [1.165, 1.54) is 12.3 Å². The van der Waals surface area contributed by atoms with Gasteiger partial charge in [0.25, 0.3) is 5.91 Å². The summed E-state index contributed by atoms with van der Waals surface area (Å²) in [5.41, 5.74) is 3.24. The van der Waals surface area contributed by atoms with E-state index in [1.807, 2.05) is 0 Å². The van der Waals surface area contributed by atoms with Crippen molar-refractivity contribution in [3.05, 3.63) is 53.1 Å². The van der Waals surface area contributed by atoms with Gasteiger partial charge in [0.15, 0.2) is 11.5 Å². The van der Waals surface area contributed by atoms with Gasteiger partial charge in [-0.3, -0.25) is 9.10 Å². The number of carbonyl (C=O) groups excluding carboxylic acids is 1. The third kappa shape index (κ3) is 4.93. The molecule has 28 heavy (non-hydrogen) atoms. The smallest absolute Gasteiger partial charge is 0.260 e. The van der Waals surface area contributed by atoms with Crippen LogP contribution in [-0.4, -0.2) is 46.6 Å². The number of hydrogen-bond donors (Lipinski definition) is 1. The van der Waals surface area contributed by atoms with Crippen LogP contribution in [0.2, 0.25) is 5.02 Å². The molecule has 148 valence electrons. The first-order valence-corrected chi connectivity index (χ1v) is 10.5. The molecule has 1 N–H and O–H groups in total. The van der Waals surface area contributed by atoms with Crippen molar-refractivity contribution in [2.75, 3.05) is 30.3 Å².